The largest absolute Gasteiger partial charge is 1.00 e. The molecule has 2 N–H and O–H groups in total. The summed E-state index contributed by atoms with van der Waals surface area (Å²) in [6, 6.07) is 4.27. The summed E-state index contributed by atoms with van der Waals surface area (Å²) in [6.07, 6.45) is 0. The fourth-order valence-electron chi connectivity index (χ4n) is 0.605. The maximum atomic E-state index is 10.4. The van der Waals surface area contributed by atoms with Gasteiger partial charge in [-0.25, -0.2) is 0 Å². The Kier molecular flexibility index (Phi) is 9.03. The van der Waals surface area contributed by atoms with Crippen molar-refractivity contribution in [3.05, 3.63) is 28.2 Å². The van der Waals surface area contributed by atoms with Crippen LogP contribution < -0.4 is 29.6 Å². The Bertz CT molecular complexity index is 308. The molecule has 0 aliphatic heterocycles. The molecule has 0 amide bonds. The molecule has 0 bridgehead atoms. The second-order valence-electron chi connectivity index (χ2n) is 1.81. The average Bonchev–Trinajstić information content (AvgIpc) is 1.94. The maximum absolute atomic E-state index is 10.4. The minimum atomic E-state index is -2.32. The fraction of sp³-hybridized carbons (Fsp3) is 0. The molecule has 3 nitrogen and oxygen atoms in total. The molecule has 7 heteroatoms. The van der Waals surface area contributed by atoms with Gasteiger partial charge in [0.05, 0.1) is 5.02 Å². The van der Waals surface area contributed by atoms with Crippen LogP contribution in [0.2, 0.25) is 10.0 Å². The zero-order valence-electron chi connectivity index (χ0n) is 6.71. The Balaban J connectivity index is 0. The van der Waals surface area contributed by atoms with Crippen LogP contribution in [-0.2, 0) is 11.1 Å². The number of hydrogen-bond acceptors (Lipinski definition) is 2. The van der Waals surface area contributed by atoms with Gasteiger partial charge in [0.1, 0.15) is 0 Å². The Morgan fingerprint density at radius 2 is 1.85 bits per heavy atom. The van der Waals surface area contributed by atoms with E-state index in [1.807, 2.05) is 0 Å². The van der Waals surface area contributed by atoms with Gasteiger partial charge < -0.3 is 10.0 Å². The van der Waals surface area contributed by atoms with Crippen LogP contribution in [0, 0.1) is 0 Å². The first-order chi connectivity index (χ1) is 5.11. The van der Waals surface area contributed by atoms with Crippen molar-refractivity contribution in [3.8, 4) is 0 Å². The number of hydrogen-bond donors (Lipinski definition) is 0. The summed E-state index contributed by atoms with van der Waals surface area (Å²) in [6.45, 7) is 0. The maximum Gasteiger partial charge on any atom is 1.00 e. The smallest absolute Gasteiger partial charge is 0.768 e. The summed E-state index contributed by atoms with van der Waals surface area (Å²) in [4.78, 5) is 0.0270. The predicted molar refractivity (Wildman–Crippen MR) is 47.3 cm³/mol. The van der Waals surface area contributed by atoms with Crippen molar-refractivity contribution in [3.63, 3.8) is 0 Å². The van der Waals surface area contributed by atoms with Gasteiger partial charge >= 0.3 is 29.6 Å². The van der Waals surface area contributed by atoms with Crippen LogP contribution in [0.3, 0.4) is 0 Å². The van der Waals surface area contributed by atoms with E-state index >= 15 is 0 Å². The third kappa shape index (κ3) is 4.76. The van der Waals surface area contributed by atoms with E-state index in [1.165, 1.54) is 18.2 Å². The fourth-order valence-corrected chi connectivity index (χ4v) is 1.60. The molecule has 1 unspecified atom stereocenters. The summed E-state index contributed by atoms with van der Waals surface area (Å²) in [7, 11) is 0. The van der Waals surface area contributed by atoms with E-state index in [1.54, 1.807) is 0 Å². The van der Waals surface area contributed by atoms with Crippen LogP contribution in [0.15, 0.2) is 23.1 Å². The zero-order chi connectivity index (χ0) is 8.43. The van der Waals surface area contributed by atoms with Gasteiger partial charge in [-0.2, -0.15) is 0 Å². The third-order valence-corrected chi connectivity index (χ3v) is 2.45. The van der Waals surface area contributed by atoms with Gasteiger partial charge in [-0.15, -0.1) is 0 Å². The van der Waals surface area contributed by atoms with Crippen molar-refractivity contribution < 1.29 is 43.8 Å². The topological polar surface area (TPSA) is 71.6 Å². The van der Waals surface area contributed by atoms with Crippen LogP contribution >= 0.6 is 23.2 Å². The Morgan fingerprint density at radius 3 is 2.23 bits per heavy atom. The van der Waals surface area contributed by atoms with E-state index in [0.717, 1.165) is 0 Å². The molecule has 0 aliphatic rings. The predicted octanol–water partition coefficient (Wildman–Crippen LogP) is -1.59. The van der Waals surface area contributed by atoms with Crippen molar-refractivity contribution in [1.29, 1.82) is 0 Å². The monoisotopic (exact) mass is 250 g/mol. The van der Waals surface area contributed by atoms with Gasteiger partial charge in [-0.1, -0.05) is 23.2 Å². The zero-order valence-corrected chi connectivity index (χ0v) is 11.0. The quantitative estimate of drug-likeness (QED) is 0.446. The van der Waals surface area contributed by atoms with E-state index in [-0.39, 0.29) is 45.0 Å². The molecular formula is C6H5Cl2NaO3S. The van der Waals surface area contributed by atoms with Crippen LogP contribution in [0.5, 0.6) is 0 Å². The molecule has 0 aliphatic carbocycles. The van der Waals surface area contributed by atoms with Crippen LogP contribution in [0.4, 0.5) is 0 Å². The molecule has 1 rings (SSSR count). The summed E-state index contributed by atoms with van der Waals surface area (Å²) < 4.78 is 20.9. The molecule has 1 aromatic rings. The third-order valence-electron chi connectivity index (χ3n) is 1.07. The van der Waals surface area contributed by atoms with Crippen molar-refractivity contribution in [1.82, 2.24) is 0 Å². The van der Waals surface area contributed by atoms with E-state index in [2.05, 4.69) is 0 Å². The molecular weight excluding hydrogens is 246 g/mol. The first-order valence-electron chi connectivity index (χ1n) is 2.65. The minimum absolute atomic E-state index is 0. The number of halogens is 2. The normalized spacial score (nSPS) is 11.0. The molecule has 0 aromatic heterocycles. The van der Waals surface area contributed by atoms with Gasteiger partial charge in [0, 0.05) is 9.92 Å². The van der Waals surface area contributed by atoms with Crippen molar-refractivity contribution in [2.24, 2.45) is 0 Å². The van der Waals surface area contributed by atoms with Crippen molar-refractivity contribution in [2.45, 2.75) is 4.90 Å². The second-order valence-corrected chi connectivity index (χ2v) is 3.56. The van der Waals surface area contributed by atoms with E-state index < -0.39 is 11.1 Å². The molecule has 1 atom stereocenters. The first-order valence-corrected chi connectivity index (χ1v) is 4.48. The molecule has 0 saturated carbocycles. The number of rotatable bonds is 1. The van der Waals surface area contributed by atoms with Crippen LogP contribution in [0.1, 0.15) is 0 Å². The van der Waals surface area contributed by atoms with Crippen molar-refractivity contribution in [2.75, 3.05) is 0 Å². The van der Waals surface area contributed by atoms with E-state index in [0.29, 0.717) is 5.02 Å². The van der Waals surface area contributed by atoms with Gasteiger partial charge in [-0.3, -0.25) is 4.21 Å². The van der Waals surface area contributed by atoms with Gasteiger partial charge in [0.15, 0.2) is 0 Å². The Hall–Kier alpha value is 0.870. The standard InChI is InChI=1S/C6H4Cl2O2S.Na.H2O/c7-4-1-2-5(8)6(3-4)11(9)10;;/h1-3H,(H,9,10);;1H2/q;+1;/p-1. The summed E-state index contributed by atoms with van der Waals surface area (Å²) in [5, 5.41) is 0.538. The molecule has 0 heterocycles. The number of benzene rings is 1. The van der Waals surface area contributed by atoms with Gasteiger partial charge in [0.2, 0.25) is 0 Å². The van der Waals surface area contributed by atoms with E-state index in [9.17, 15) is 8.76 Å². The Morgan fingerprint density at radius 1 is 1.31 bits per heavy atom. The second kappa shape index (κ2) is 7.20. The van der Waals surface area contributed by atoms with Gasteiger partial charge in [0.25, 0.3) is 0 Å². The molecule has 68 valence electrons. The average molecular weight is 251 g/mol. The van der Waals surface area contributed by atoms with Gasteiger partial charge in [-0.05, 0) is 29.3 Å². The summed E-state index contributed by atoms with van der Waals surface area (Å²) in [5.41, 5.74) is 0. The molecule has 0 spiro atoms. The molecule has 0 radical (unpaired) electrons. The van der Waals surface area contributed by atoms with Crippen LogP contribution in [0.25, 0.3) is 0 Å². The van der Waals surface area contributed by atoms with Crippen molar-refractivity contribution >= 4 is 34.3 Å². The minimum Gasteiger partial charge on any atom is -0.768 e. The first kappa shape index (κ1) is 16.3. The molecule has 0 saturated heterocycles. The Labute approximate surface area is 110 Å². The van der Waals surface area contributed by atoms with E-state index in [4.69, 9.17) is 23.2 Å². The molecule has 13 heavy (non-hydrogen) atoms. The summed E-state index contributed by atoms with van der Waals surface area (Å²) >= 11 is 8.75. The molecule has 0 fully saturated rings. The summed E-state index contributed by atoms with van der Waals surface area (Å²) in [5.74, 6) is 0. The molecule has 1 aromatic carbocycles. The van der Waals surface area contributed by atoms with Crippen LogP contribution in [-0.4, -0.2) is 14.2 Å². The SMILES string of the molecule is O.O=S([O-])c1cc(Cl)ccc1Cl.[Na+].